The van der Waals surface area contributed by atoms with Crippen LogP contribution in [-0.4, -0.2) is 16.3 Å². The number of benzene rings is 1. The molecule has 0 saturated carbocycles. The Balaban J connectivity index is 2.19. The molecule has 0 aliphatic carbocycles. The monoisotopic (exact) mass is 353 g/mol. The van der Waals surface area contributed by atoms with Crippen molar-refractivity contribution in [1.29, 1.82) is 0 Å². The standard InChI is InChI=1S/C16H21BrFN3/c1-4-7-19-9-15-11(2)20-21(12(15)3)10-13-5-6-14(17)8-16(13)18/h5-6,8,19H,4,7,9-10H2,1-3H3. The molecule has 0 radical (unpaired) electrons. The summed E-state index contributed by atoms with van der Waals surface area (Å²) >= 11 is 3.28. The number of hydrogen-bond donors (Lipinski definition) is 1. The van der Waals surface area contributed by atoms with Gasteiger partial charge in [-0.3, -0.25) is 4.68 Å². The molecule has 0 bridgehead atoms. The van der Waals surface area contributed by atoms with E-state index in [0.29, 0.717) is 12.1 Å². The van der Waals surface area contributed by atoms with Crippen molar-refractivity contribution in [2.45, 2.75) is 40.3 Å². The molecule has 0 amide bonds. The van der Waals surface area contributed by atoms with Crippen LogP contribution in [-0.2, 0) is 13.1 Å². The Morgan fingerprint density at radius 1 is 1.33 bits per heavy atom. The second-order valence-electron chi connectivity index (χ2n) is 5.22. The Labute approximate surface area is 133 Å². The lowest BCUT2D eigenvalue weighted by Gasteiger charge is -2.08. The van der Waals surface area contributed by atoms with E-state index in [1.165, 1.54) is 11.6 Å². The number of halogens is 2. The maximum absolute atomic E-state index is 13.9. The van der Waals surface area contributed by atoms with Crippen LogP contribution in [0.25, 0.3) is 0 Å². The zero-order valence-corrected chi connectivity index (χ0v) is 14.3. The van der Waals surface area contributed by atoms with Gasteiger partial charge < -0.3 is 5.32 Å². The Morgan fingerprint density at radius 3 is 2.76 bits per heavy atom. The van der Waals surface area contributed by atoms with Crippen molar-refractivity contribution in [3.8, 4) is 0 Å². The summed E-state index contributed by atoms with van der Waals surface area (Å²) in [5.41, 5.74) is 3.96. The Kier molecular flexibility index (Phi) is 5.53. The fourth-order valence-corrected chi connectivity index (χ4v) is 2.68. The van der Waals surface area contributed by atoms with Gasteiger partial charge in [-0.1, -0.05) is 28.9 Å². The van der Waals surface area contributed by atoms with E-state index >= 15 is 0 Å². The average Bonchev–Trinajstić information content (AvgIpc) is 2.69. The van der Waals surface area contributed by atoms with Gasteiger partial charge in [-0.05, 0) is 38.9 Å². The Bertz CT molecular complexity index is 622. The molecule has 0 fully saturated rings. The van der Waals surface area contributed by atoms with Crippen LogP contribution in [0.15, 0.2) is 22.7 Å². The smallest absolute Gasteiger partial charge is 0.129 e. The van der Waals surface area contributed by atoms with E-state index in [1.807, 2.05) is 24.6 Å². The van der Waals surface area contributed by atoms with Gasteiger partial charge in [0.1, 0.15) is 5.82 Å². The zero-order chi connectivity index (χ0) is 15.4. The van der Waals surface area contributed by atoms with Gasteiger partial charge in [0.2, 0.25) is 0 Å². The van der Waals surface area contributed by atoms with Gasteiger partial charge in [0.25, 0.3) is 0 Å². The highest BCUT2D eigenvalue weighted by molar-refractivity contribution is 9.10. The lowest BCUT2D eigenvalue weighted by Crippen LogP contribution is -2.15. The second kappa shape index (κ2) is 7.18. The van der Waals surface area contributed by atoms with E-state index < -0.39 is 0 Å². The summed E-state index contributed by atoms with van der Waals surface area (Å²) in [6, 6.07) is 5.14. The molecule has 1 N–H and O–H groups in total. The molecule has 1 aromatic heterocycles. The summed E-state index contributed by atoms with van der Waals surface area (Å²) in [5, 5.41) is 7.94. The average molecular weight is 354 g/mol. The first-order valence-electron chi connectivity index (χ1n) is 7.20. The van der Waals surface area contributed by atoms with Crippen molar-refractivity contribution in [3.63, 3.8) is 0 Å². The number of aryl methyl sites for hydroxylation is 1. The molecule has 0 atom stereocenters. The number of nitrogens with zero attached hydrogens (tertiary/aromatic N) is 2. The van der Waals surface area contributed by atoms with Crippen LogP contribution in [0.4, 0.5) is 4.39 Å². The predicted molar refractivity (Wildman–Crippen MR) is 86.9 cm³/mol. The molecule has 114 valence electrons. The van der Waals surface area contributed by atoms with Gasteiger partial charge in [0.05, 0.1) is 12.2 Å². The molecule has 3 nitrogen and oxygen atoms in total. The highest BCUT2D eigenvalue weighted by Crippen LogP contribution is 2.19. The van der Waals surface area contributed by atoms with Crippen LogP contribution in [0.3, 0.4) is 0 Å². The predicted octanol–water partition coefficient (Wildman–Crippen LogP) is 3.95. The second-order valence-corrected chi connectivity index (χ2v) is 6.14. The fraction of sp³-hybridized carbons (Fsp3) is 0.438. The molecule has 0 aliphatic heterocycles. The number of aromatic nitrogens is 2. The number of nitrogens with one attached hydrogen (secondary N) is 1. The van der Waals surface area contributed by atoms with E-state index in [4.69, 9.17) is 0 Å². The molecule has 0 saturated heterocycles. The van der Waals surface area contributed by atoms with Crippen LogP contribution in [0.2, 0.25) is 0 Å². The molecule has 5 heteroatoms. The molecule has 2 aromatic rings. The van der Waals surface area contributed by atoms with Gasteiger partial charge in [-0.15, -0.1) is 0 Å². The van der Waals surface area contributed by atoms with Crippen molar-refractivity contribution in [2.24, 2.45) is 0 Å². The third-order valence-electron chi connectivity index (χ3n) is 3.60. The molecule has 21 heavy (non-hydrogen) atoms. The first-order chi connectivity index (χ1) is 10.0. The molecule has 0 aliphatic rings. The Hall–Kier alpha value is -1.20. The van der Waals surface area contributed by atoms with Crippen LogP contribution < -0.4 is 5.32 Å². The van der Waals surface area contributed by atoms with Crippen LogP contribution in [0, 0.1) is 19.7 Å². The van der Waals surface area contributed by atoms with Crippen molar-refractivity contribution in [2.75, 3.05) is 6.54 Å². The highest BCUT2D eigenvalue weighted by Gasteiger charge is 2.12. The summed E-state index contributed by atoms with van der Waals surface area (Å²) in [6.07, 6.45) is 1.11. The SMILES string of the molecule is CCCNCc1c(C)nn(Cc2ccc(Br)cc2F)c1C. The molecule has 1 aromatic carbocycles. The van der Waals surface area contributed by atoms with Crippen molar-refractivity contribution < 1.29 is 4.39 Å². The number of hydrogen-bond acceptors (Lipinski definition) is 2. The van der Waals surface area contributed by atoms with Gasteiger partial charge in [-0.25, -0.2) is 4.39 Å². The fourth-order valence-electron chi connectivity index (χ4n) is 2.35. The maximum Gasteiger partial charge on any atom is 0.129 e. The van der Waals surface area contributed by atoms with Gasteiger partial charge in [0.15, 0.2) is 0 Å². The maximum atomic E-state index is 13.9. The van der Waals surface area contributed by atoms with Crippen LogP contribution in [0.5, 0.6) is 0 Å². The third kappa shape index (κ3) is 3.92. The normalized spacial score (nSPS) is 11.1. The summed E-state index contributed by atoms with van der Waals surface area (Å²) in [7, 11) is 0. The molecular formula is C16H21BrFN3. The highest BCUT2D eigenvalue weighted by atomic mass is 79.9. The minimum absolute atomic E-state index is 0.206. The summed E-state index contributed by atoms with van der Waals surface area (Å²) in [6.45, 7) is 8.45. The van der Waals surface area contributed by atoms with Crippen molar-refractivity contribution in [3.05, 3.63) is 51.0 Å². The Morgan fingerprint density at radius 2 is 2.10 bits per heavy atom. The van der Waals surface area contributed by atoms with Crippen molar-refractivity contribution in [1.82, 2.24) is 15.1 Å². The zero-order valence-electron chi connectivity index (χ0n) is 12.7. The van der Waals surface area contributed by atoms with Crippen molar-refractivity contribution >= 4 is 15.9 Å². The van der Waals surface area contributed by atoms with Gasteiger partial charge in [0, 0.05) is 27.8 Å². The van der Waals surface area contributed by atoms with E-state index in [1.54, 1.807) is 6.07 Å². The van der Waals surface area contributed by atoms with E-state index in [2.05, 4.69) is 33.3 Å². The minimum atomic E-state index is -0.206. The van der Waals surface area contributed by atoms with E-state index in [9.17, 15) is 4.39 Å². The first kappa shape index (κ1) is 16.2. The lowest BCUT2D eigenvalue weighted by molar-refractivity contribution is 0.577. The third-order valence-corrected chi connectivity index (χ3v) is 4.09. The van der Waals surface area contributed by atoms with Crippen LogP contribution in [0.1, 0.15) is 35.9 Å². The minimum Gasteiger partial charge on any atom is -0.313 e. The molecule has 0 spiro atoms. The molecular weight excluding hydrogens is 333 g/mol. The molecule has 0 unspecified atom stereocenters. The lowest BCUT2D eigenvalue weighted by atomic mass is 10.2. The van der Waals surface area contributed by atoms with Gasteiger partial charge in [-0.2, -0.15) is 5.10 Å². The first-order valence-corrected chi connectivity index (χ1v) is 7.99. The van der Waals surface area contributed by atoms with Gasteiger partial charge >= 0.3 is 0 Å². The largest absolute Gasteiger partial charge is 0.313 e. The van der Waals surface area contributed by atoms with Crippen LogP contribution >= 0.6 is 15.9 Å². The van der Waals surface area contributed by atoms with E-state index in [-0.39, 0.29) is 5.82 Å². The molecule has 1 heterocycles. The summed E-state index contributed by atoms with van der Waals surface area (Å²) < 4.78 is 16.6. The quantitative estimate of drug-likeness (QED) is 0.796. The van der Waals surface area contributed by atoms with E-state index in [0.717, 1.165) is 35.4 Å². The molecule has 2 rings (SSSR count). The summed E-state index contributed by atoms with van der Waals surface area (Å²) in [5.74, 6) is -0.206. The number of rotatable bonds is 6. The topological polar surface area (TPSA) is 29.9 Å². The summed E-state index contributed by atoms with van der Waals surface area (Å²) in [4.78, 5) is 0.